The van der Waals surface area contributed by atoms with Crippen molar-refractivity contribution in [2.75, 3.05) is 18.5 Å². The molecule has 140 valence electrons. The number of aryl methyl sites for hydroxylation is 1. The van der Waals surface area contributed by atoms with Crippen molar-refractivity contribution < 1.29 is 23.9 Å². The van der Waals surface area contributed by atoms with Crippen molar-refractivity contribution in [2.45, 2.75) is 34.2 Å². The normalized spacial score (nSPS) is 10.5. The van der Waals surface area contributed by atoms with Crippen LogP contribution in [0.4, 0.5) is 5.00 Å². The van der Waals surface area contributed by atoms with Gasteiger partial charge in [0.1, 0.15) is 9.88 Å². The number of carbonyl (C=O) groups excluding carboxylic acids is 3. The first-order valence-corrected chi connectivity index (χ1v) is 9.06. The predicted molar refractivity (Wildman–Crippen MR) is 96.8 cm³/mol. The monoisotopic (exact) mass is 379 g/mol. The van der Waals surface area contributed by atoms with Gasteiger partial charge in [-0.15, -0.1) is 11.3 Å². The standard InChI is InChI=1S/C17H21N3O5S/c1-5-20-9-8-11(19-20)14(21)18-15-12(16(22)24-6-2)10(4)13(26-15)17(23)25-7-3/h8-9H,5-7H2,1-4H3,(H,18,21). The molecule has 9 heteroatoms. The largest absolute Gasteiger partial charge is 0.462 e. The minimum Gasteiger partial charge on any atom is -0.462 e. The van der Waals surface area contributed by atoms with Crippen molar-refractivity contribution in [1.29, 1.82) is 0 Å². The molecule has 8 nitrogen and oxygen atoms in total. The number of rotatable bonds is 7. The number of carbonyl (C=O) groups is 3. The fraction of sp³-hybridized carbons (Fsp3) is 0.412. The SMILES string of the molecule is CCOC(=O)c1sc(NC(=O)c2ccn(CC)n2)c(C(=O)OCC)c1C. The number of aromatic nitrogens is 2. The minimum atomic E-state index is -0.605. The summed E-state index contributed by atoms with van der Waals surface area (Å²) in [5.74, 6) is -1.62. The maximum atomic E-state index is 12.4. The molecule has 0 aliphatic carbocycles. The summed E-state index contributed by atoms with van der Waals surface area (Å²) in [6.45, 7) is 7.92. The number of anilines is 1. The Balaban J connectivity index is 2.38. The lowest BCUT2D eigenvalue weighted by atomic mass is 10.1. The highest BCUT2D eigenvalue weighted by Crippen LogP contribution is 2.34. The number of thiophene rings is 1. The summed E-state index contributed by atoms with van der Waals surface area (Å²) < 4.78 is 11.7. The van der Waals surface area contributed by atoms with Gasteiger partial charge in [-0.1, -0.05) is 0 Å². The van der Waals surface area contributed by atoms with E-state index >= 15 is 0 Å². The van der Waals surface area contributed by atoms with E-state index in [0.29, 0.717) is 12.1 Å². The lowest BCUT2D eigenvalue weighted by Gasteiger charge is -2.06. The topological polar surface area (TPSA) is 99.5 Å². The van der Waals surface area contributed by atoms with Crippen LogP contribution >= 0.6 is 11.3 Å². The Morgan fingerprint density at radius 3 is 2.38 bits per heavy atom. The van der Waals surface area contributed by atoms with Crippen LogP contribution in [0.25, 0.3) is 0 Å². The van der Waals surface area contributed by atoms with Crippen LogP contribution in [0, 0.1) is 6.92 Å². The lowest BCUT2D eigenvalue weighted by molar-refractivity contribution is 0.0527. The van der Waals surface area contributed by atoms with Crippen LogP contribution in [0.2, 0.25) is 0 Å². The third-order valence-electron chi connectivity index (χ3n) is 3.51. The second-order valence-corrected chi connectivity index (χ2v) is 6.23. The van der Waals surface area contributed by atoms with Gasteiger partial charge in [0.25, 0.3) is 5.91 Å². The molecular weight excluding hydrogens is 358 g/mol. The Kier molecular flexibility index (Phi) is 6.51. The van der Waals surface area contributed by atoms with Gasteiger partial charge in [-0.25, -0.2) is 9.59 Å². The van der Waals surface area contributed by atoms with E-state index in [4.69, 9.17) is 9.47 Å². The van der Waals surface area contributed by atoms with Gasteiger partial charge in [-0.2, -0.15) is 5.10 Å². The Hall–Kier alpha value is -2.68. The summed E-state index contributed by atoms with van der Waals surface area (Å²) >= 11 is 0.982. The molecule has 2 heterocycles. The molecule has 1 N–H and O–H groups in total. The molecule has 0 radical (unpaired) electrons. The number of ether oxygens (including phenoxy) is 2. The maximum absolute atomic E-state index is 12.4. The molecule has 0 unspecified atom stereocenters. The van der Waals surface area contributed by atoms with Gasteiger partial charge in [0.15, 0.2) is 5.69 Å². The van der Waals surface area contributed by atoms with Crippen LogP contribution in [-0.2, 0) is 16.0 Å². The zero-order valence-corrected chi connectivity index (χ0v) is 15.9. The molecule has 0 bridgehead atoms. The second-order valence-electron chi connectivity index (χ2n) is 5.21. The summed E-state index contributed by atoms with van der Waals surface area (Å²) in [4.78, 5) is 37.1. The zero-order valence-electron chi connectivity index (χ0n) is 15.1. The average Bonchev–Trinajstić information content (AvgIpc) is 3.20. The molecule has 0 aliphatic heterocycles. The van der Waals surface area contributed by atoms with Crippen LogP contribution in [0.5, 0.6) is 0 Å². The van der Waals surface area contributed by atoms with E-state index in [1.807, 2.05) is 6.92 Å². The molecule has 0 aliphatic rings. The molecule has 26 heavy (non-hydrogen) atoms. The molecule has 0 spiro atoms. The first kappa shape index (κ1) is 19.6. The first-order chi connectivity index (χ1) is 12.4. The quantitative estimate of drug-likeness (QED) is 0.743. The minimum absolute atomic E-state index is 0.156. The Bertz CT molecular complexity index is 824. The van der Waals surface area contributed by atoms with Gasteiger partial charge in [-0.3, -0.25) is 9.48 Å². The number of hydrogen-bond acceptors (Lipinski definition) is 7. The molecule has 0 saturated carbocycles. The summed E-state index contributed by atoms with van der Waals surface area (Å²) in [5, 5.41) is 7.02. The van der Waals surface area contributed by atoms with Gasteiger partial charge >= 0.3 is 11.9 Å². The highest BCUT2D eigenvalue weighted by Gasteiger charge is 2.27. The number of hydrogen-bond donors (Lipinski definition) is 1. The highest BCUT2D eigenvalue weighted by molar-refractivity contribution is 7.18. The van der Waals surface area contributed by atoms with Gasteiger partial charge < -0.3 is 14.8 Å². The number of nitrogens with one attached hydrogen (secondary N) is 1. The fourth-order valence-corrected chi connectivity index (χ4v) is 3.35. The summed E-state index contributed by atoms with van der Waals surface area (Å²) in [7, 11) is 0. The molecule has 0 saturated heterocycles. The lowest BCUT2D eigenvalue weighted by Crippen LogP contribution is -2.15. The molecular formula is C17H21N3O5S. The van der Waals surface area contributed by atoms with Crippen LogP contribution in [-0.4, -0.2) is 40.8 Å². The number of nitrogens with zero attached hydrogens (tertiary/aromatic N) is 2. The van der Waals surface area contributed by atoms with Crippen molar-refractivity contribution in [3.63, 3.8) is 0 Å². The van der Waals surface area contributed by atoms with E-state index in [-0.39, 0.29) is 34.3 Å². The smallest absolute Gasteiger partial charge is 0.348 e. The third kappa shape index (κ3) is 4.10. The molecule has 2 rings (SSSR count). The predicted octanol–water partition coefficient (Wildman–Crippen LogP) is 2.88. The highest BCUT2D eigenvalue weighted by atomic mass is 32.1. The molecule has 0 aromatic carbocycles. The van der Waals surface area contributed by atoms with E-state index in [9.17, 15) is 14.4 Å². The molecule has 0 atom stereocenters. The van der Waals surface area contributed by atoms with E-state index in [2.05, 4.69) is 10.4 Å². The van der Waals surface area contributed by atoms with Crippen molar-refractivity contribution in [3.8, 4) is 0 Å². The summed E-state index contributed by atoms with van der Waals surface area (Å²) in [6.07, 6.45) is 1.69. The fourth-order valence-electron chi connectivity index (χ4n) is 2.27. The van der Waals surface area contributed by atoms with Gasteiger partial charge in [0, 0.05) is 12.7 Å². The second kappa shape index (κ2) is 8.61. The molecule has 1 amide bonds. The Morgan fingerprint density at radius 1 is 1.15 bits per heavy atom. The van der Waals surface area contributed by atoms with Crippen LogP contribution in [0.1, 0.15) is 56.9 Å². The van der Waals surface area contributed by atoms with E-state index in [1.54, 1.807) is 37.7 Å². The van der Waals surface area contributed by atoms with Crippen LogP contribution in [0.15, 0.2) is 12.3 Å². The molecule has 2 aromatic heterocycles. The summed E-state index contributed by atoms with van der Waals surface area (Å²) in [5.41, 5.74) is 0.787. The van der Waals surface area contributed by atoms with E-state index in [0.717, 1.165) is 11.3 Å². The van der Waals surface area contributed by atoms with E-state index < -0.39 is 17.8 Å². The third-order valence-corrected chi connectivity index (χ3v) is 4.70. The zero-order chi connectivity index (χ0) is 19.3. The summed E-state index contributed by atoms with van der Waals surface area (Å²) in [6, 6.07) is 1.58. The van der Waals surface area contributed by atoms with Gasteiger partial charge in [0.2, 0.25) is 0 Å². The van der Waals surface area contributed by atoms with Crippen LogP contribution < -0.4 is 5.32 Å². The average molecular weight is 379 g/mol. The maximum Gasteiger partial charge on any atom is 0.348 e. The van der Waals surface area contributed by atoms with Crippen molar-refractivity contribution in [1.82, 2.24) is 9.78 Å². The van der Waals surface area contributed by atoms with Gasteiger partial charge in [0.05, 0.1) is 18.8 Å². The van der Waals surface area contributed by atoms with Crippen molar-refractivity contribution in [3.05, 3.63) is 34.0 Å². The Labute approximate surface area is 155 Å². The Morgan fingerprint density at radius 2 is 1.81 bits per heavy atom. The first-order valence-electron chi connectivity index (χ1n) is 8.25. The molecule has 2 aromatic rings. The van der Waals surface area contributed by atoms with Crippen molar-refractivity contribution >= 4 is 34.2 Å². The van der Waals surface area contributed by atoms with Crippen LogP contribution in [0.3, 0.4) is 0 Å². The van der Waals surface area contributed by atoms with Crippen molar-refractivity contribution in [2.24, 2.45) is 0 Å². The molecule has 0 fully saturated rings. The number of amides is 1. The number of esters is 2. The van der Waals surface area contributed by atoms with E-state index in [1.165, 1.54) is 0 Å². The van der Waals surface area contributed by atoms with Gasteiger partial charge in [-0.05, 0) is 39.3 Å².